The molecule has 26 heavy (non-hydrogen) atoms. The predicted octanol–water partition coefficient (Wildman–Crippen LogP) is 3.24. The third kappa shape index (κ3) is 2.96. The van der Waals surface area contributed by atoms with E-state index in [1.165, 1.54) is 63.5 Å². The van der Waals surface area contributed by atoms with E-state index in [1.807, 2.05) is 0 Å². The highest BCUT2D eigenvalue weighted by molar-refractivity contribution is 8.00. The molecule has 5 unspecified atom stereocenters. The molecule has 5 fully saturated rings. The van der Waals surface area contributed by atoms with E-state index in [0.717, 1.165) is 32.9 Å². The van der Waals surface area contributed by atoms with E-state index in [9.17, 15) is 0 Å². The van der Waals surface area contributed by atoms with Gasteiger partial charge in [0.1, 0.15) is 5.54 Å². The van der Waals surface area contributed by atoms with Crippen LogP contribution in [0, 0.1) is 5.92 Å². The second-order valence-corrected chi connectivity index (χ2v) is 9.94. The average Bonchev–Trinajstić information content (AvgIpc) is 3.49. The quantitative estimate of drug-likeness (QED) is 0.743. The van der Waals surface area contributed by atoms with E-state index in [1.54, 1.807) is 0 Å². The van der Waals surface area contributed by atoms with Crippen LogP contribution in [0.25, 0.3) is 0 Å². The van der Waals surface area contributed by atoms with Gasteiger partial charge in [-0.05, 0) is 63.5 Å². The van der Waals surface area contributed by atoms with Gasteiger partial charge in [-0.3, -0.25) is 4.84 Å². The van der Waals surface area contributed by atoms with Crippen LogP contribution in [0.3, 0.4) is 0 Å². The zero-order valence-corrected chi connectivity index (χ0v) is 16.8. The van der Waals surface area contributed by atoms with Crippen LogP contribution in [-0.4, -0.2) is 71.8 Å². The summed E-state index contributed by atoms with van der Waals surface area (Å²) in [6.45, 7) is 4.90. The van der Waals surface area contributed by atoms with Crippen molar-refractivity contribution in [3.8, 4) is 0 Å². The lowest BCUT2D eigenvalue weighted by atomic mass is 9.71. The van der Waals surface area contributed by atoms with Crippen molar-refractivity contribution in [3.05, 3.63) is 0 Å². The molecule has 5 aliphatic rings. The van der Waals surface area contributed by atoms with Gasteiger partial charge in [-0.1, -0.05) is 0 Å². The number of rotatable bonds is 4. The van der Waals surface area contributed by atoms with Crippen molar-refractivity contribution in [2.24, 2.45) is 5.92 Å². The van der Waals surface area contributed by atoms with Gasteiger partial charge in [0.25, 0.3) is 0 Å². The highest BCUT2D eigenvalue weighted by Gasteiger charge is 2.65. The molecule has 6 heteroatoms. The second-order valence-electron chi connectivity index (χ2n) is 8.63. The zero-order valence-electron chi connectivity index (χ0n) is 15.9. The summed E-state index contributed by atoms with van der Waals surface area (Å²) in [5, 5.41) is 5.47. The number of nitrogens with zero attached hydrogens (tertiary/aromatic N) is 2. The van der Waals surface area contributed by atoms with Gasteiger partial charge in [0.15, 0.2) is 0 Å². The molecule has 5 nitrogen and oxygen atoms in total. The van der Waals surface area contributed by atoms with Gasteiger partial charge < -0.3 is 9.47 Å². The third-order valence-electron chi connectivity index (χ3n) is 7.20. The van der Waals surface area contributed by atoms with Crippen LogP contribution >= 0.6 is 11.8 Å². The van der Waals surface area contributed by atoms with Crippen molar-refractivity contribution in [2.45, 2.75) is 80.8 Å². The van der Waals surface area contributed by atoms with Crippen molar-refractivity contribution in [3.63, 3.8) is 0 Å². The minimum absolute atomic E-state index is 0.0407. The summed E-state index contributed by atoms with van der Waals surface area (Å²) in [5.74, 6) is 1.72. The topological polar surface area (TPSA) is 34.2 Å². The molecule has 0 saturated carbocycles. The molecule has 0 N–H and O–H groups in total. The SMILES string of the molecule is C1CCC(C2(C3CCCS3)C(C3CCCO3)CON2N2CCCC2)OC1. The second kappa shape index (κ2) is 7.88. The summed E-state index contributed by atoms with van der Waals surface area (Å²) >= 11 is 2.17. The van der Waals surface area contributed by atoms with Crippen LogP contribution < -0.4 is 0 Å². The molecule has 0 amide bonds. The first-order valence-electron chi connectivity index (χ1n) is 10.9. The summed E-state index contributed by atoms with van der Waals surface area (Å²) in [6, 6.07) is 0. The normalized spacial score (nSPS) is 45.7. The maximum Gasteiger partial charge on any atom is 0.108 e. The zero-order chi connectivity index (χ0) is 17.4. The first-order valence-corrected chi connectivity index (χ1v) is 12.0. The molecular weight excluding hydrogens is 348 g/mol. The molecule has 5 atom stereocenters. The number of hydrogen-bond acceptors (Lipinski definition) is 6. The van der Waals surface area contributed by atoms with E-state index in [0.29, 0.717) is 17.3 Å². The van der Waals surface area contributed by atoms with Crippen LogP contribution in [0.15, 0.2) is 0 Å². The number of ether oxygens (including phenoxy) is 2. The molecule has 0 spiro atoms. The number of thioether (sulfide) groups is 1. The maximum atomic E-state index is 6.54. The fraction of sp³-hybridized carbons (Fsp3) is 1.00. The largest absolute Gasteiger partial charge is 0.378 e. The van der Waals surface area contributed by atoms with Crippen molar-refractivity contribution >= 4 is 11.8 Å². The fourth-order valence-electron chi connectivity index (χ4n) is 6.05. The Balaban J connectivity index is 1.55. The minimum atomic E-state index is -0.0407. The van der Waals surface area contributed by atoms with Crippen molar-refractivity contribution in [1.82, 2.24) is 10.2 Å². The van der Waals surface area contributed by atoms with E-state index in [4.69, 9.17) is 14.3 Å². The van der Waals surface area contributed by atoms with Crippen molar-refractivity contribution < 1.29 is 14.3 Å². The van der Waals surface area contributed by atoms with Crippen LogP contribution in [0.5, 0.6) is 0 Å². The van der Waals surface area contributed by atoms with E-state index in [2.05, 4.69) is 21.9 Å². The molecule has 0 radical (unpaired) electrons. The number of hydrazine groups is 1. The number of hydrogen-bond donors (Lipinski definition) is 0. The van der Waals surface area contributed by atoms with Gasteiger partial charge in [0, 0.05) is 37.5 Å². The molecule has 5 heterocycles. The van der Waals surface area contributed by atoms with Gasteiger partial charge in [0.05, 0.1) is 18.8 Å². The smallest absolute Gasteiger partial charge is 0.108 e. The Labute approximate surface area is 162 Å². The Morgan fingerprint density at radius 2 is 1.73 bits per heavy atom. The molecule has 148 valence electrons. The summed E-state index contributed by atoms with van der Waals surface area (Å²) in [7, 11) is 0. The highest BCUT2D eigenvalue weighted by Crippen LogP contribution is 2.53. The van der Waals surface area contributed by atoms with Gasteiger partial charge in [-0.15, -0.1) is 5.17 Å². The van der Waals surface area contributed by atoms with Gasteiger partial charge in [-0.25, -0.2) is 5.01 Å². The van der Waals surface area contributed by atoms with Crippen LogP contribution in [0.1, 0.15) is 57.8 Å². The summed E-state index contributed by atoms with van der Waals surface area (Å²) in [5.41, 5.74) is -0.0407. The summed E-state index contributed by atoms with van der Waals surface area (Å²) < 4.78 is 12.8. The standard InChI is InChI=1S/C20H34N2O3S/c1-4-12-24-18(8-1)20(19-9-6-14-26-19)16(17-7-5-13-23-17)15-25-22(20)21-10-2-3-11-21/h16-19H,1-15H2. The van der Waals surface area contributed by atoms with Crippen molar-refractivity contribution in [2.75, 3.05) is 38.7 Å². The lowest BCUT2D eigenvalue weighted by Crippen LogP contribution is -2.68. The molecule has 0 aromatic carbocycles. The molecule has 5 rings (SSSR count). The molecule has 5 saturated heterocycles. The monoisotopic (exact) mass is 382 g/mol. The Hall–Kier alpha value is 0.150. The maximum absolute atomic E-state index is 6.54. The van der Waals surface area contributed by atoms with Gasteiger partial charge in [0.2, 0.25) is 0 Å². The summed E-state index contributed by atoms with van der Waals surface area (Å²) in [4.78, 5) is 6.53. The average molecular weight is 383 g/mol. The first kappa shape index (κ1) is 18.2. The molecule has 0 bridgehead atoms. The van der Waals surface area contributed by atoms with E-state index in [-0.39, 0.29) is 11.6 Å². The predicted molar refractivity (Wildman–Crippen MR) is 103 cm³/mol. The molecular formula is C20H34N2O3S. The lowest BCUT2D eigenvalue weighted by Gasteiger charge is -2.52. The fourth-order valence-corrected chi connectivity index (χ4v) is 7.69. The van der Waals surface area contributed by atoms with Crippen LogP contribution in [0.4, 0.5) is 0 Å². The molecule has 0 aromatic heterocycles. The number of hydroxylamine groups is 1. The highest BCUT2D eigenvalue weighted by atomic mass is 32.2. The van der Waals surface area contributed by atoms with Crippen LogP contribution in [-0.2, 0) is 14.3 Å². The Kier molecular flexibility index (Phi) is 5.51. The Morgan fingerprint density at radius 1 is 0.846 bits per heavy atom. The summed E-state index contributed by atoms with van der Waals surface area (Å²) in [6.07, 6.45) is 11.9. The van der Waals surface area contributed by atoms with Crippen molar-refractivity contribution in [1.29, 1.82) is 0 Å². The third-order valence-corrected chi connectivity index (χ3v) is 8.74. The van der Waals surface area contributed by atoms with Gasteiger partial charge >= 0.3 is 0 Å². The van der Waals surface area contributed by atoms with E-state index < -0.39 is 0 Å². The Morgan fingerprint density at radius 3 is 2.42 bits per heavy atom. The van der Waals surface area contributed by atoms with Gasteiger partial charge in [-0.2, -0.15) is 11.8 Å². The first-order chi connectivity index (χ1) is 12.9. The van der Waals surface area contributed by atoms with Crippen LogP contribution in [0.2, 0.25) is 0 Å². The van der Waals surface area contributed by atoms with E-state index >= 15 is 0 Å². The lowest BCUT2D eigenvalue weighted by molar-refractivity contribution is -0.312. The Bertz CT molecular complexity index is 446. The minimum Gasteiger partial charge on any atom is -0.378 e. The molecule has 5 aliphatic heterocycles. The molecule has 0 aromatic rings. The molecule has 0 aliphatic carbocycles.